The van der Waals surface area contributed by atoms with Crippen LogP contribution in [-0.2, 0) is 9.53 Å². The quantitative estimate of drug-likeness (QED) is 0.833. The molecule has 5 nitrogen and oxygen atoms in total. The summed E-state index contributed by atoms with van der Waals surface area (Å²) in [5, 5.41) is 2.69. The van der Waals surface area contributed by atoms with E-state index in [4.69, 9.17) is 15.2 Å². The average molecular weight is 307 g/mol. The molecule has 0 aromatic heterocycles. The fraction of sp³-hybridized carbons (Fsp3) is 0.462. The van der Waals surface area contributed by atoms with Crippen LogP contribution in [0.15, 0.2) is 18.2 Å². The van der Waals surface area contributed by atoms with Crippen LogP contribution in [-0.4, -0.2) is 32.8 Å². The summed E-state index contributed by atoms with van der Waals surface area (Å²) in [6.07, 6.45) is 0. The largest absolute Gasteiger partial charge is 0.494 e. The summed E-state index contributed by atoms with van der Waals surface area (Å²) >= 11 is 0. The molecule has 0 fully saturated rings. The van der Waals surface area contributed by atoms with Crippen molar-refractivity contribution < 1.29 is 18.7 Å². The van der Waals surface area contributed by atoms with Crippen LogP contribution >= 0.6 is 12.4 Å². The van der Waals surface area contributed by atoms with E-state index in [0.717, 1.165) is 0 Å². The Morgan fingerprint density at radius 3 is 2.60 bits per heavy atom. The third kappa shape index (κ3) is 4.96. The van der Waals surface area contributed by atoms with Gasteiger partial charge in [-0.05, 0) is 24.6 Å². The lowest BCUT2D eigenvalue weighted by molar-refractivity contribution is -0.124. The molecule has 7 heteroatoms. The summed E-state index contributed by atoms with van der Waals surface area (Å²) in [5.41, 5.74) is 6.23. The molecule has 0 saturated heterocycles. The van der Waals surface area contributed by atoms with E-state index in [2.05, 4.69) is 5.32 Å². The van der Waals surface area contributed by atoms with Crippen LogP contribution in [0.5, 0.6) is 5.75 Å². The molecular weight excluding hydrogens is 287 g/mol. The number of carbonyl (C=O) groups excluding carboxylic acids is 1. The molecular formula is C13H20ClFN2O3. The van der Waals surface area contributed by atoms with Crippen molar-refractivity contribution in [3.8, 4) is 5.75 Å². The summed E-state index contributed by atoms with van der Waals surface area (Å²) in [7, 11) is 2.86. The maximum Gasteiger partial charge on any atom is 0.239 e. The van der Waals surface area contributed by atoms with Crippen LogP contribution in [0.4, 0.5) is 4.39 Å². The van der Waals surface area contributed by atoms with E-state index >= 15 is 0 Å². The number of hydrogen-bond acceptors (Lipinski definition) is 4. The van der Waals surface area contributed by atoms with Crippen molar-refractivity contribution in [2.24, 2.45) is 5.73 Å². The summed E-state index contributed by atoms with van der Waals surface area (Å²) in [4.78, 5) is 11.7. The summed E-state index contributed by atoms with van der Waals surface area (Å²) in [6, 6.07) is 3.44. The molecule has 20 heavy (non-hydrogen) atoms. The van der Waals surface area contributed by atoms with Crippen molar-refractivity contribution in [3.63, 3.8) is 0 Å². The Balaban J connectivity index is 0.00000361. The highest BCUT2D eigenvalue weighted by Crippen LogP contribution is 2.21. The molecule has 2 unspecified atom stereocenters. The standard InChI is InChI=1S/C13H19FN2O3.ClH/c1-8(16-13(17)11(15)7-18-2)9-4-5-12(19-3)10(14)6-9;/h4-6,8,11H,7,15H2,1-3H3,(H,16,17);1H. The average Bonchev–Trinajstić information content (AvgIpc) is 2.38. The van der Waals surface area contributed by atoms with Crippen molar-refractivity contribution in [1.82, 2.24) is 5.32 Å². The lowest BCUT2D eigenvalue weighted by atomic mass is 10.1. The normalized spacial score (nSPS) is 13.1. The van der Waals surface area contributed by atoms with E-state index in [0.29, 0.717) is 5.56 Å². The van der Waals surface area contributed by atoms with Gasteiger partial charge in [0.15, 0.2) is 11.6 Å². The molecule has 0 aliphatic carbocycles. The number of hydrogen-bond donors (Lipinski definition) is 2. The first-order valence-corrected chi connectivity index (χ1v) is 5.88. The topological polar surface area (TPSA) is 73.6 Å². The van der Waals surface area contributed by atoms with Gasteiger partial charge in [0, 0.05) is 7.11 Å². The Labute approximate surface area is 124 Å². The molecule has 1 aromatic rings. The Hall–Kier alpha value is -1.37. The van der Waals surface area contributed by atoms with Crippen molar-refractivity contribution in [3.05, 3.63) is 29.6 Å². The summed E-state index contributed by atoms with van der Waals surface area (Å²) in [6.45, 7) is 1.88. The second-order valence-electron chi connectivity index (χ2n) is 4.19. The van der Waals surface area contributed by atoms with Crippen molar-refractivity contribution in [1.29, 1.82) is 0 Å². The van der Waals surface area contributed by atoms with Crippen molar-refractivity contribution in [2.75, 3.05) is 20.8 Å². The number of methoxy groups -OCH3 is 2. The zero-order valence-electron chi connectivity index (χ0n) is 11.7. The fourth-order valence-corrected chi connectivity index (χ4v) is 1.61. The molecule has 114 valence electrons. The van der Waals surface area contributed by atoms with Crippen LogP contribution in [0, 0.1) is 5.82 Å². The van der Waals surface area contributed by atoms with Gasteiger partial charge in [-0.2, -0.15) is 0 Å². The van der Waals surface area contributed by atoms with Gasteiger partial charge in [0.25, 0.3) is 0 Å². The third-order valence-electron chi connectivity index (χ3n) is 2.72. The van der Waals surface area contributed by atoms with Gasteiger partial charge in [-0.15, -0.1) is 12.4 Å². The van der Waals surface area contributed by atoms with E-state index in [1.165, 1.54) is 26.4 Å². The third-order valence-corrected chi connectivity index (χ3v) is 2.72. The van der Waals surface area contributed by atoms with E-state index in [1.54, 1.807) is 13.0 Å². The number of nitrogens with one attached hydrogen (secondary N) is 1. The Bertz CT molecular complexity index is 446. The number of rotatable bonds is 6. The predicted molar refractivity (Wildman–Crippen MR) is 76.6 cm³/mol. The number of halogens is 2. The molecule has 0 aliphatic rings. The lowest BCUT2D eigenvalue weighted by Gasteiger charge is -2.18. The SMILES string of the molecule is COCC(N)C(=O)NC(C)c1ccc(OC)c(F)c1.Cl. The first-order chi connectivity index (χ1) is 8.99. The first-order valence-electron chi connectivity index (χ1n) is 5.88. The molecule has 0 bridgehead atoms. The van der Waals surface area contributed by atoms with Gasteiger partial charge < -0.3 is 20.5 Å². The zero-order chi connectivity index (χ0) is 14.4. The molecule has 1 aromatic carbocycles. The Morgan fingerprint density at radius 2 is 2.10 bits per heavy atom. The monoisotopic (exact) mass is 306 g/mol. The molecule has 0 aliphatic heterocycles. The second-order valence-corrected chi connectivity index (χ2v) is 4.19. The lowest BCUT2D eigenvalue weighted by Crippen LogP contribution is -2.44. The molecule has 1 rings (SSSR count). The van der Waals surface area contributed by atoms with Crippen LogP contribution in [0.1, 0.15) is 18.5 Å². The molecule has 0 radical (unpaired) electrons. The smallest absolute Gasteiger partial charge is 0.239 e. The second kappa shape index (κ2) is 8.73. The number of nitrogens with two attached hydrogens (primary N) is 1. The minimum atomic E-state index is -0.740. The van der Waals surface area contributed by atoms with Crippen LogP contribution in [0.25, 0.3) is 0 Å². The van der Waals surface area contributed by atoms with Crippen LogP contribution in [0.3, 0.4) is 0 Å². The van der Waals surface area contributed by atoms with E-state index < -0.39 is 11.9 Å². The minimum absolute atomic E-state index is 0. The van der Waals surface area contributed by atoms with E-state index in [-0.39, 0.29) is 36.7 Å². The van der Waals surface area contributed by atoms with Gasteiger partial charge in [-0.25, -0.2) is 4.39 Å². The Morgan fingerprint density at radius 1 is 1.45 bits per heavy atom. The van der Waals surface area contributed by atoms with E-state index in [9.17, 15) is 9.18 Å². The first kappa shape index (κ1) is 18.6. The minimum Gasteiger partial charge on any atom is -0.494 e. The number of benzene rings is 1. The molecule has 0 spiro atoms. The molecule has 0 saturated carbocycles. The van der Waals surface area contributed by atoms with Crippen LogP contribution in [0.2, 0.25) is 0 Å². The highest BCUT2D eigenvalue weighted by Gasteiger charge is 2.17. The number of carbonyl (C=O) groups is 1. The van der Waals surface area contributed by atoms with Gasteiger partial charge in [-0.3, -0.25) is 4.79 Å². The zero-order valence-corrected chi connectivity index (χ0v) is 12.5. The summed E-state index contributed by atoms with van der Waals surface area (Å²) in [5.74, 6) is -0.647. The Kier molecular flexibility index (Phi) is 8.13. The van der Waals surface area contributed by atoms with Crippen molar-refractivity contribution in [2.45, 2.75) is 19.0 Å². The van der Waals surface area contributed by atoms with E-state index in [1.807, 2.05) is 0 Å². The van der Waals surface area contributed by atoms with Gasteiger partial charge in [0.05, 0.1) is 19.8 Å². The van der Waals surface area contributed by atoms with Gasteiger partial charge in [0.2, 0.25) is 5.91 Å². The van der Waals surface area contributed by atoms with Crippen LogP contribution < -0.4 is 15.8 Å². The number of ether oxygens (including phenoxy) is 2. The van der Waals surface area contributed by atoms with Gasteiger partial charge >= 0.3 is 0 Å². The van der Waals surface area contributed by atoms with Gasteiger partial charge in [-0.1, -0.05) is 6.07 Å². The van der Waals surface area contributed by atoms with Crippen molar-refractivity contribution >= 4 is 18.3 Å². The molecule has 3 N–H and O–H groups in total. The maximum absolute atomic E-state index is 13.5. The highest BCUT2D eigenvalue weighted by atomic mass is 35.5. The molecule has 2 atom stereocenters. The van der Waals surface area contributed by atoms with Gasteiger partial charge in [0.1, 0.15) is 6.04 Å². The highest BCUT2D eigenvalue weighted by molar-refractivity contribution is 5.85. The fourth-order valence-electron chi connectivity index (χ4n) is 1.61. The predicted octanol–water partition coefficient (Wildman–Crippen LogP) is 1.41. The molecule has 1 amide bonds. The number of amides is 1. The molecule has 0 heterocycles. The summed E-state index contributed by atoms with van der Waals surface area (Å²) < 4.78 is 23.2. The maximum atomic E-state index is 13.5.